The summed E-state index contributed by atoms with van der Waals surface area (Å²) in [6, 6.07) is 15.3. The second kappa shape index (κ2) is 6.77. The molecule has 0 unspecified atom stereocenters. The summed E-state index contributed by atoms with van der Waals surface area (Å²) in [5, 5.41) is 3.71. The maximum atomic E-state index is 12.6. The summed E-state index contributed by atoms with van der Waals surface area (Å²) in [7, 11) is 0. The first kappa shape index (κ1) is 15.6. The first-order valence-electron chi connectivity index (χ1n) is 7.11. The van der Waals surface area contributed by atoms with E-state index in [4.69, 9.17) is 11.6 Å². The second-order valence-electron chi connectivity index (χ2n) is 5.58. The Kier molecular flexibility index (Phi) is 5.03. The molecule has 0 aromatic heterocycles. The van der Waals surface area contributed by atoms with Gasteiger partial charge in [-0.05, 0) is 42.2 Å². The van der Waals surface area contributed by atoms with Gasteiger partial charge in [-0.1, -0.05) is 55.8 Å². The average molecular weight is 302 g/mol. The number of nitrogens with one attached hydrogen (secondary N) is 1. The monoisotopic (exact) mass is 301 g/mol. The quantitative estimate of drug-likeness (QED) is 0.843. The van der Waals surface area contributed by atoms with Crippen molar-refractivity contribution in [1.29, 1.82) is 0 Å². The molecule has 110 valence electrons. The smallest absolute Gasteiger partial charge is 0.232 e. The standard InChI is InChI=1S/C18H20ClNO/c1-12(2)17(14-8-10-15(19)11-9-14)18(21)20-16-7-5-4-6-13(16)3/h4-12,17H,1-3H3,(H,20,21)/t17-/m1/s1. The van der Waals surface area contributed by atoms with Crippen molar-refractivity contribution in [3.8, 4) is 0 Å². The normalized spacial score (nSPS) is 12.2. The van der Waals surface area contributed by atoms with Crippen LogP contribution in [0.1, 0.15) is 30.9 Å². The molecule has 2 aromatic carbocycles. The van der Waals surface area contributed by atoms with E-state index in [1.165, 1.54) is 0 Å². The van der Waals surface area contributed by atoms with Crippen molar-refractivity contribution in [1.82, 2.24) is 0 Å². The van der Waals surface area contributed by atoms with Crippen LogP contribution < -0.4 is 5.32 Å². The Labute approximate surface area is 131 Å². The molecule has 0 spiro atoms. The fourth-order valence-electron chi connectivity index (χ4n) is 2.43. The summed E-state index contributed by atoms with van der Waals surface area (Å²) in [6.07, 6.45) is 0. The molecule has 0 heterocycles. The highest BCUT2D eigenvalue weighted by Crippen LogP contribution is 2.27. The number of carbonyl (C=O) groups is 1. The number of benzene rings is 2. The van der Waals surface area contributed by atoms with E-state index in [1.54, 1.807) is 0 Å². The van der Waals surface area contributed by atoms with Crippen LogP contribution in [-0.2, 0) is 4.79 Å². The van der Waals surface area contributed by atoms with Gasteiger partial charge in [-0.2, -0.15) is 0 Å². The second-order valence-corrected chi connectivity index (χ2v) is 6.01. The molecule has 2 aromatic rings. The van der Waals surface area contributed by atoms with E-state index in [-0.39, 0.29) is 17.7 Å². The Morgan fingerprint density at radius 1 is 1.05 bits per heavy atom. The predicted molar refractivity (Wildman–Crippen MR) is 88.8 cm³/mol. The molecule has 0 bridgehead atoms. The van der Waals surface area contributed by atoms with Crippen molar-refractivity contribution in [3.63, 3.8) is 0 Å². The van der Waals surface area contributed by atoms with Crippen LogP contribution in [0, 0.1) is 12.8 Å². The summed E-state index contributed by atoms with van der Waals surface area (Å²) in [6.45, 7) is 6.09. The molecule has 1 amide bonds. The number of halogens is 1. The fourth-order valence-corrected chi connectivity index (χ4v) is 2.56. The van der Waals surface area contributed by atoms with E-state index in [0.717, 1.165) is 16.8 Å². The van der Waals surface area contributed by atoms with Crippen LogP contribution in [-0.4, -0.2) is 5.91 Å². The average Bonchev–Trinajstić information content (AvgIpc) is 2.43. The van der Waals surface area contributed by atoms with Gasteiger partial charge in [0.05, 0.1) is 5.92 Å². The molecule has 1 atom stereocenters. The van der Waals surface area contributed by atoms with E-state index in [2.05, 4.69) is 19.2 Å². The van der Waals surface area contributed by atoms with Gasteiger partial charge in [-0.3, -0.25) is 4.79 Å². The minimum atomic E-state index is -0.193. The Morgan fingerprint density at radius 2 is 1.67 bits per heavy atom. The number of aryl methyl sites for hydroxylation is 1. The highest BCUT2D eigenvalue weighted by molar-refractivity contribution is 6.30. The lowest BCUT2D eigenvalue weighted by Gasteiger charge is -2.21. The zero-order valence-corrected chi connectivity index (χ0v) is 13.3. The fraction of sp³-hybridized carbons (Fsp3) is 0.278. The molecule has 0 aliphatic rings. The third-order valence-corrected chi connectivity index (χ3v) is 3.83. The Balaban J connectivity index is 2.24. The summed E-state index contributed by atoms with van der Waals surface area (Å²) >= 11 is 5.93. The zero-order chi connectivity index (χ0) is 15.4. The van der Waals surface area contributed by atoms with Crippen LogP contribution in [0.2, 0.25) is 5.02 Å². The number of anilines is 1. The number of rotatable bonds is 4. The lowest BCUT2D eigenvalue weighted by atomic mass is 9.87. The molecule has 0 fully saturated rings. The van der Waals surface area contributed by atoms with Crippen molar-refractivity contribution >= 4 is 23.2 Å². The third-order valence-electron chi connectivity index (χ3n) is 3.58. The van der Waals surface area contributed by atoms with Gasteiger partial charge in [0, 0.05) is 10.7 Å². The summed E-state index contributed by atoms with van der Waals surface area (Å²) < 4.78 is 0. The van der Waals surface area contributed by atoms with E-state index in [9.17, 15) is 4.79 Å². The van der Waals surface area contributed by atoms with Crippen LogP contribution in [0.3, 0.4) is 0 Å². The molecule has 0 radical (unpaired) electrons. The molecule has 3 heteroatoms. The SMILES string of the molecule is Cc1ccccc1NC(=O)[C@@H](c1ccc(Cl)cc1)C(C)C. The highest BCUT2D eigenvalue weighted by Gasteiger charge is 2.24. The van der Waals surface area contributed by atoms with Crippen molar-refractivity contribution in [2.75, 3.05) is 5.32 Å². The maximum Gasteiger partial charge on any atom is 0.232 e. The molecular formula is C18H20ClNO. The molecule has 21 heavy (non-hydrogen) atoms. The van der Waals surface area contributed by atoms with Gasteiger partial charge in [-0.15, -0.1) is 0 Å². The number of hydrogen-bond acceptors (Lipinski definition) is 1. The first-order valence-corrected chi connectivity index (χ1v) is 7.49. The van der Waals surface area contributed by atoms with Crippen molar-refractivity contribution in [2.24, 2.45) is 5.92 Å². The maximum absolute atomic E-state index is 12.6. The van der Waals surface area contributed by atoms with Gasteiger partial charge in [0.25, 0.3) is 0 Å². The van der Waals surface area contributed by atoms with Crippen LogP contribution >= 0.6 is 11.6 Å². The Morgan fingerprint density at radius 3 is 2.24 bits per heavy atom. The lowest BCUT2D eigenvalue weighted by molar-refractivity contribution is -0.118. The van der Waals surface area contributed by atoms with Crippen LogP contribution in [0.25, 0.3) is 0 Å². The van der Waals surface area contributed by atoms with Crippen LogP contribution in [0.15, 0.2) is 48.5 Å². The molecule has 0 aliphatic carbocycles. The van der Waals surface area contributed by atoms with Crippen molar-refractivity contribution in [2.45, 2.75) is 26.7 Å². The minimum absolute atomic E-state index is 0.0154. The largest absolute Gasteiger partial charge is 0.325 e. The van der Waals surface area contributed by atoms with E-state index in [1.807, 2.05) is 55.5 Å². The first-order chi connectivity index (χ1) is 9.99. The minimum Gasteiger partial charge on any atom is -0.325 e. The molecule has 2 rings (SSSR count). The molecule has 0 saturated heterocycles. The van der Waals surface area contributed by atoms with Gasteiger partial charge in [0.2, 0.25) is 5.91 Å². The topological polar surface area (TPSA) is 29.1 Å². The highest BCUT2D eigenvalue weighted by atomic mass is 35.5. The molecule has 2 nitrogen and oxygen atoms in total. The van der Waals surface area contributed by atoms with Crippen LogP contribution in [0.5, 0.6) is 0 Å². The zero-order valence-electron chi connectivity index (χ0n) is 12.6. The van der Waals surface area contributed by atoms with Crippen molar-refractivity contribution in [3.05, 3.63) is 64.7 Å². The Bertz CT molecular complexity index is 619. The van der Waals surface area contributed by atoms with Crippen LogP contribution in [0.4, 0.5) is 5.69 Å². The molecule has 0 aliphatic heterocycles. The number of amides is 1. The predicted octanol–water partition coefficient (Wildman–Crippen LogP) is 5.03. The number of hydrogen-bond donors (Lipinski definition) is 1. The van der Waals surface area contributed by atoms with E-state index < -0.39 is 0 Å². The number of carbonyl (C=O) groups excluding carboxylic acids is 1. The van der Waals surface area contributed by atoms with Gasteiger partial charge >= 0.3 is 0 Å². The van der Waals surface area contributed by atoms with E-state index in [0.29, 0.717) is 5.02 Å². The van der Waals surface area contributed by atoms with Gasteiger partial charge in [0.1, 0.15) is 0 Å². The Hall–Kier alpha value is -1.80. The number of para-hydroxylation sites is 1. The molecule has 1 N–H and O–H groups in total. The van der Waals surface area contributed by atoms with Gasteiger partial charge in [0.15, 0.2) is 0 Å². The molecule has 0 saturated carbocycles. The van der Waals surface area contributed by atoms with E-state index >= 15 is 0 Å². The molecular weight excluding hydrogens is 282 g/mol. The third kappa shape index (κ3) is 3.85. The van der Waals surface area contributed by atoms with Gasteiger partial charge < -0.3 is 5.32 Å². The summed E-state index contributed by atoms with van der Waals surface area (Å²) in [5.41, 5.74) is 2.91. The summed E-state index contributed by atoms with van der Waals surface area (Å²) in [4.78, 5) is 12.6. The summed E-state index contributed by atoms with van der Waals surface area (Å²) in [5.74, 6) is 0.0266. The lowest BCUT2D eigenvalue weighted by Crippen LogP contribution is -2.25. The van der Waals surface area contributed by atoms with Gasteiger partial charge in [-0.25, -0.2) is 0 Å². The van der Waals surface area contributed by atoms with Crippen molar-refractivity contribution < 1.29 is 4.79 Å².